The zero-order chi connectivity index (χ0) is 16.7. The lowest BCUT2D eigenvalue weighted by molar-refractivity contribution is 0.172. The largest absolute Gasteiger partial charge is 0.486 e. The summed E-state index contributed by atoms with van der Waals surface area (Å²) in [6, 6.07) is 11.9. The molecule has 1 aliphatic heterocycles. The van der Waals surface area contributed by atoms with Gasteiger partial charge in [-0.05, 0) is 12.1 Å². The first-order valence-corrected chi connectivity index (χ1v) is 9.55. The van der Waals surface area contributed by atoms with Gasteiger partial charge >= 0.3 is 0 Å². The average molecular weight is 362 g/mol. The lowest BCUT2D eigenvalue weighted by atomic mass is 10.3. The van der Waals surface area contributed by atoms with Gasteiger partial charge in [-0.1, -0.05) is 29.5 Å². The summed E-state index contributed by atoms with van der Waals surface area (Å²) in [5, 5.41) is 0. The van der Waals surface area contributed by atoms with Crippen molar-refractivity contribution in [2.24, 2.45) is 11.4 Å². The van der Waals surface area contributed by atoms with Crippen molar-refractivity contribution in [1.29, 1.82) is 0 Å². The number of ether oxygens (including phenoxy) is 2. The lowest BCUT2D eigenvalue weighted by Gasteiger charge is -2.18. The van der Waals surface area contributed by atoms with Gasteiger partial charge < -0.3 is 14.0 Å². The van der Waals surface area contributed by atoms with Crippen molar-refractivity contribution < 1.29 is 17.9 Å². The molecule has 1 aromatic heterocycles. The standard InChI is InChI=1S/C16H14N2O4S2/c1-18-12-9-13-14(22-8-7-21-13)10-15(12)23-16(18)17-24(19,20)11-5-3-2-4-6-11/h2-6,9-10H,7-8H2,1H3. The van der Waals surface area contributed by atoms with Gasteiger partial charge in [0.15, 0.2) is 11.5 Å². The smallest absolute Gasteiger partial charge is 0.285 e. The van der Waals surface area contributed by atoms with Gasteiger partial charge in [-0.2, -0.15) is 8.42 Å². The lowest BCUT2D eigenvalue weighted by Crippen LogP contribution is -2.15. The molecule has 0 saturated heterocycles. The minimum Gasteiger partial charge on any atom is -0.486 e. The molecule has 124 valence electrons. The fourth-order valence-corrected chi connectivity index (χ4v) is 4.78. The Morgan fingerprint density at radius 1 is 1.08 bits per heavy atom. The molecule has 2 aromatic carbocycles. The Hall–Kier alpha value is -2.32. The van der Waals surface area contributed by atoms with E-state index in [-0.39, 0.29) is 4.90 Å². The summed E-state index contributed by atoms with van der Waals surface area (Å²) in [6.07, 6.45) is 0. The van der Waals surface area contributed by atoms with Gasteiger partial charge in [0.25, 0.3) is 10.0 Å². The number of nitrogens with zero attached hydrogens (tertiary/aromatic N) is 2. The van der Waals surface area contributed by atoms with Crippen molar-refractivity contribution in [1.82, 2.24) is 4.57 Å². The van der Waals surface area contributed by atoms with Gasteiger partial charge in [0.2, 0.25) is 4.80 Å². The molecule has 24 heavy (non-hydrogen) atoms. The van der Waals surface area contributed by atoms with Crippen molar-refractivity contribution in [3.05, 3.63) is 47.3 Å². The van der Waals surface area contributed by atoms with Crippen LogP contribution in [0.15, 0.2) is 51.8 Å². The van der Waals surface area contributed by atoms with Crippen LogP contribution < -0.4 is 14.3 Å². The number of aryl methyl sites for hydroxylation is 1. The van der Waals surface area contributed by atoms with Crippen molar-refractivity contribution in [2.45, 2.75) is 4.90 Å². The number of sulfonamides is 1. The van der Waals surface area contributed by atoms with Crippen LogP contribution in [0.1, 0.15) is 0 Å². The first-order chi connectivity index (χ1) is 11.5. The Balaban J connectivity index is 1.90. The van der Waals surface area contributed by atoms with E-state index < -0.39 is 10.0 Å². The van der Waals surface area contributed by atoms with E-state index >= 15 is 0 Å². The number of fused-ring (bicyclic) bond motifs is 2. The summed E-state index contributed by atoms with van der Waals surface area (Å²) in [6.45, 7) is 1.02. The highest BCUT2D eigenvalue weighted by molar-refractivity contribution is 7.90. The summed E-state index contributed by atoms with van der Waals surface area (Å²) in [4.78, 5) is 0.574. The summed E-state index contributed by atoms with van der Waals surface area (Å²) < 4.78 is 42.7. The van der Waals surface area contributed by atoms with Crippen molar-refractivity contribution >= 4 is 31.6 Å². The summed E-state index contributed by atoms with van der Waals surface area (Å²) in [5.41, 5.74) is 0.853. The molecule has 0 radical (unpaired) electrons. The van der Waals surface area contributed by atoms with Crippen LogP contribution in [0.3, 0.4) is 0 Å². The van der Waals surface area contributed by atoms with E-state index in [1.165, 1.54) is 23.5 Å². The van der Waals surface area contributed by atoms with Crippen LogP contribution in [-0.2, 0) is 17.1 Å². The van der Waals surface area contributed by atoms with E-state index in [1.54, 1.807) is 29.8 Å². The third-order valence-corrected chi connectivity index (χ3v) is 6.20. The summed E-state index contributed by atoms with van der Waals surface area (Å²) >= 11 is 1.30. The van der Waals surface area contributed by atoms with Gasteiger partial charge in [0, 0.05) is 19.2 Å². The van der Waals surface area contributed by atoms with Crippen LogP contribution in [0.4, 0.5) is 0 Å². The second-order valence-corrected chi connectivity index (χ2v) is 7.90. The predicted molar refractivity (Wildman–Crippen MR) is 91.0 cm³/mol. The van der Waals surface area contributed by atoms with Crippen LogP contribution in [0.5, 0.6) is 11.5 Å². The van der Waals surface area contributed by atoms with E-state index in [4.69, 9.17) is 9.47 Å². The van der Waals surface area contributed by atoms with E-state index in [9.17, 15) is 8.42 Å². The van der Waals surface area contributed by atoms with Gasteiger partial charge in [-0.15, -0.1) is 4.40 Å². The molecule has 6 nitrogen and oxygen atoms in total. The molecule has 0 aliphatic carbocycles. The minimum atomic E-state index is -3.75. The first kappa shape index (κ1) is 15.2. The third kappa shape index (κ3) is 2.57. The highest BCUT2D eigenvalue weighted by Gasteiger charge is 2.17. The van der Waals surface area contributed by atoms with Gasteiger partial charge in [0.05, 0.1) is 15.1 Å². The topological polar surface area (TPSA) is 69.9 Å². The van der Waals surface area contributed by atoms with Crippen molar-refractivity contribution in [3.8, 4) is 11.5 Å². The zero-order valence-electron chi connectivity index (χ0n) is 12.8. The Bertz CT molecular complexity index is 1080. The normalized spacial score (nSPS) is 15.0. The Morgan fingerprint density at radius 2 is 1.75 bits per heavy atom. The Kier molecular flexibility index (Phi) is 3.58. The highest BCUT2D eigenvalue weighted by Crippen LogP contribution is 2.35. The summed E-state index contributed by atoms with van der Waals surface area (Å²) in [7, 11) is -1.96. The summed E-state index contributed by atoms with van der Waals surface area (Å²) in [5.74, 6) is 1.34. The molecule has 0 spiro atoms. The van der Waals surface area contributed by atoms with Gasteiger partial charge in [-0.3, -0.25) is 0 Å². The molecule has 0 N–H and O–H groups in total. The number of thiazole rings is 1. The van der Waals surface area contributed by atoms with Crippen molar-refractivity contribution in [2.75, 3.05) is 13.2 Å². The van der Waals surface area contributed by atoms with E-state index in [2.05, 4.69) is 4.40 Å². The maximum atomic E-state index is 12.5. The molecule has 0 saturated carbocycles. The number of hydrogen-bond acceptors (Lipinski definition) is 5. The molecular weight excluding hydrogens is 348 g/mol. The van der Waals surface area contributed by atoms with Crippen molar-refractivity contribution in [3.63, 3.8) is 0 Å². The zero-order valence-corrected chi connectivity index (χ0v) is 14.4. The highest BCUT2D eigenvalue weighted by atomic mass is 32.2. The number of hydrogen-bond donors (Lipinski definition) is 0. The number of aromatic nitrogens is 1. The van der Waals surface area contributed by atoms with Gasteiger partial charge in [0.1, 0.15) is 13.2 Å². The SMILES string of the molecule is Cn1c(=NS(=O)(=O)c2ccccc2)sc2cc3c(cc21)OCCO3. The minimum absolute atomic E-state index is 0.174. The average Bonchev–Trinajstić information content (AvgIpc) is 2.88. The molecule has 0 amide bonds. The molecule has 1 aliphatic rings. The van der Waals surface area contributed by atoms with Crippen LogP contribution in [-0.4, -0.2) is 26.2 Å². The maximum absolute atomic E-state index is 12.5. The molecule has 0 bridgehead atoms. The quantitative estimate of drug-likeness (QED) is 0.701. The second kappa shape index (κ2) is 5.64. The van der Waals surface area contributed by atoms with Gasteiger partial charge in [-0.25, -0.2) is 0 Å². The van der Waals surface area contributed by atoms with E-state index in [1.807, 2.05) is 12.1 Å². The predicted octanol–water partition coefficient (Wildman–Crippen LogP) is 2.30. The molecule has 3 aromatic rings. The third-order valence-electron chi connectivity index (χ3n) is 3.71. The monoisotopic (exact) mass is 362 g/mol. The Morgan fingerprint density at radius 3 is 2.46 bits per heavy atom. The van der Waals surface area contributed by atoms with E-state index in [0.29, 0.717) is 29.5 Å². The first-order valence-electron chi connectivity index (χ1n) is 7.30. The molecule has 0 unspecified atom stereocenters. The van der Waals surface area contributed by atoms with Crippen LogP contribution >= 0.6 is 11.3 Å². The molecule has 0 atom stereocenters. The molecular formula is C16H14N2O4S2. The molecule has 0 fully saturated rings. The maximum Gasteiger partial charge on any atom is 0.285 e. The second-order valence-electron chi connectivity index (χ2n) is 5.29. The molecule has 4 rings (SSSR count). The van der Waals surface area contributed by atoms with Crippen LogP contribution in [0, 0.1) is 0 Å². The fraction of sp³-hybridized carbons (Fsp3) is 0.188. The fourth-order valence-electron chi connectivity index (χ4n) is 2.50. The molecule has 2 heterocycles. The molecule has 8 heteroatoms. The number of rotatable bonds is 2. The van der Waals surface area contributed by atoms with Crippen LogP contribution in [0.25, 0.3) is 10.2 Å². The number of benzene rings is 2. The van der Waals surface area contributed by atoms with E-state index in [0.717, 1.165) is 10.2 Å². The van der Waals surface area contributed by atoms with Crippen LogP contribution in [0.2, 0.25) is 0 Å². The Labute approximate surface area is 142 Å².